The molecule has 2 fully saturated rings. The zero-order chi connectivity index (χ0) is 35.0. The standard InChI is InChI=1S/C40H43N3O7/c1-25(2)21-30(23-44)43-36-39(48)42(29-18-17-26-11-6-7-14-28(26)22-29)20-10-19-40(36)35(38(43)47)34-32(50-40)15-8-9-16-33(45)49-24-31(41-37(34)46)27-12-4-3-5-13-27/h3-8,10-15,17-19,22,25,30-32,34-36,44H,9,16,20-21,23-24H2,1-2H3,(H,41,46)/b15-8-/t30-,31-,32+,34-,35-,36+,40-/m1/s1. The molecule has 0 bridgehead atoms. The van der Waals surface area contributed by atoms with Gasteiger partial charge in [0, 0.05) is 18.7 Å². The highest BCUT2D eigenvalue weighted by Crippen LogP contribution is 2.54. The van der Waals surface area contributed by atoms with E-state index in [1.165, 1.54) is 4.90 Å². The number of hydrogen-bond donors (Lipinski definition) is 2. The molecule has 4 heterocycles. The van der Waals surface area contributed by atoms with Crippen molar-refractivity contribution in [1.82, 2.24) is 10.2 Å². The highest BCUT2D eigenvalue weighted by molar-refractivity contribution is 6.06. The van der Waals surface area contributed by atoms with Crippen LogP contribution < -0.4 is 10.2 Å². The van der Waals surface area contributed by atoms with Gasteiger partial charge >= 0.3 is 5.97 Å². The number of carbonyl (C=O) groups is 4. The number of cyclic esters (lactones) is 1. The number of nitrogens with zero attached hydrogens (tertiary/aromatic N) is 2. The lowest BCUT2D eigenvalue weighted by atomic mass is 9.77. The summed E-state index contributed by atoms with van der Waals surface area (Å²) in [5.74, 6) is -3.52. The van der Waals surface area contributed by atoms with E-state index in [0.717, 1.165) is 16.3 Å². The Balaban J connectivity index is 1.33. The van der Waals surface area contributed by atoms with Gasteiger partial charge in [-0.3, -0.25) is 19.2 Å². The first-order chi connectivity index (χ1) is 24.2. The SMILES string of the molecule is CC(C)C[C@H](CO)N1C(=O)[C@H]2[C@@H]3C(=O)N[C@@H](c4ccccc4)COC(=O)CC/C=C\[C@@H]3O[C@]23C=CCN(c2ccc4ccccc4c2)C(=O)[C@H]13. The molecule has 10 heteroatoms. The molecule has 0 saturated carbocycles. The summed E-state index contributed by atoms with van der Waals surface area (Å²) in [5.41, 5.74) is -0.0692. The van der Waals surface area contributed by atoms with Crippen LogP contribution in [-0.2, 0) is 28.7 Å². The van der Waals surface area contributed by atoms with Crippen LogP contribution in [0.15, 0.2) is 97.1 Å². The van der Waals surface area contributed by atoms with Crippen LogP contribution >= 0.6 is 0 Å². The van der Waals surface area contributed by atoms with Crippen LogP contribution in [0.3, 0.4) is 0 Å². The molecule has 0 aliphatic carbocycles. The average Bonchev–Trinajstić information content (AvgIpc) is 3.51. The summed E-state index contributed by atoms with van der Waals surface area (Å²) in [6.45, 7) is 3.82. The Morgan fingerprint density at radius 2 is 1.70 bits per heavy atom. The van der Waals surface area contributed by atoms with E-state index in [-0.39, 0.29) is 44.0 Å². The number of aliphatic hydroxyl groups is 1. The molecule has 1 spiro atoms. The first-order valence-corrected chi connectivity index (χ1v) is 17.5. The second kappa shape index (κ2) is 13.8. The van der Waals surface area contributed by atoms with Crippen LogP contribution in [0.5, 0.6) is 0 Å². The van der Waals surface area contributed by atoms with Gasteiger partial charge in [-0.15, -0.1) is 0 Å². The molecule has 0 unspecified atom stereocenters. The van der Waals surface area contributed by atoms with Gasteiger partial charge in [0.25, 0.3) is 5.91 Å². The molecular formula is C40H43N3O7. The van der Waals surface area contributed by atoms with Crippen molar-refractivity contribution in [1.29, 1.82) is 0 Å². The van der Waals surface area contributed by atoms with Crippen LogP contribution in [0, 0.1) is 17.8 Å². The Morgan fingerprint density at radius 3 is 2.46 bits per heavy atom. The lowest BCUT2D eigenvalue weighted by Gasteiger charge is -2.39. The lowest BCUT2D eigenvalue weighted by Crippen LogP contribution is -2.58. The van der Waals surface area contributed by atoms with E-state index >= 15 is 4.79 Å². The van der Waals surface area contributed by atoms with Gasteiger partial charge in [-0.25, -0.2) is 0 Å². The van der Waals surface area contributed by atoms with Crippen molar-refractivity contribution in [2.24, 2.45) is 17.8 Å². The number of benzene rings is 3. The Bertz CT molecular complexity index is 1840. The van der Waals surface area contributed by atoms with Gasteiger partial charge in [0.15, 0.2) is 0 Å². The zero-order valence-corrected chi connectivity index (χ0v) is 28.3. The average molecular weight is 678 g/mol. The molecule has 3 amide bonds. The maximum absolute atomic E-state index is 15.0. The van der Waals surface area contributed by atoms with Crippen molar-refractivity contribution in [2.75, 3.05) is 24.7 Å². The molecule has 7 atom stereocenters. The van der Waals surface area contributed by atoms with E-state index in [0.29, 0.717) is 18.5 Å². The first-order valence-electron chi connectivity index (χ1n) is 17.5. The van der Waals surface area contributed by atoms with Crippen molar-refractivity contribution in [3.63, 3.8) is 0 Å². The fourth-order valence-corrected chi connectivity index (χ4v) is 8.17. The van der Waals surface area contributed by atoms with Gasteiger partial charge in [0.05, 0.1) is 36.6 Å². The quantitative estimate of drug-likeness (QED) is 0.291. The summed E-state index contributed by atoms with van der Waals surface area (Å²) in [4.78, 5) is 60.2. The summed E-state index contributed by atoms with van der Waals surface area (Å²) in [6, 6.07) is 20.5. The van der Waals surface area contributed by atoms with Crippen LogP contribution in [0.25, 0.3) is 10.8 Å². The maximum Gasteiger partial charge on any atom is 0.306 e. The number of nitrogens with one attached hydrogen (secondary N) is 1. The molecule has 3 aromatic rings. The number of allylic oxidation sites excluding steroid dienone is 1. The predicted molar refractivity (Wildman–Crippen MR) is 188 cm³/mol. The highest BCUT2D eigenvalue weighted by atomic mass is 16.5. The summed E-state index contributed by atoms with van der Waals surface area (Å²) in [7, 11) is 0. The minimum Gasteiger partial charge on any atom is -0.463 e. The summed E-state index contributed by atoms with van der Waals surface area (Å²) in [5, 5.41) is 15.8. The number of carbonyl (C=O) groups excluding carboxylic acids is 4. The van der Waals surface area contributed by atoms with E-state index in [1.54, 1.807) is 23.1 Å². The van der Waals surface area contributed by atoms with Gasteiger partial charge in [0.1, 0.15) is 18.2 Å². The number of aliphatic hydroxyl groups excluding tert-OH is 1. The molecule has 7 rings (SSSR count). The number of anilines is 1. The summed E-state index contributed by atoms with van der Waals surface area (Å²) < 4.78 is 12.4. The lowest BCUT2D eigenvalue weighted by molar-refractivity contribution is -0.147. The highest BCUT2D eigenvalue weighted by Gasteiger charge is 2.72. The Kier molecular flexibility index (Phi) is 9.32. The molecule has 3 aromatic carbocycles. The van der Waals surface area contributed by atoms with Crippen LogP contribution in [-0.4, -0.2) is 77.2 Å². The topological polar surface area (TPSA) is 125 Å². The number of fused-ring (bicyclic) bond motifs is 3. The number of likely N-dealkylation sites (tertiary alicyclic amines) is 1. The maximum atomic E-state index is 15.0. The molecule has 4 aliphatic rings. The van der Waals surface area contributed by atoms with E-state index in [9.17, 15) is 19.5 Å². The Labute approximate surface area is 291 Å². The van der Waals surface area contributed by atoms with Crippen molar-refractivity contribution in [3.8, 4) is 0 Å². The smallest absolute Gasteiger partial charge is 0.306 e. The van der Waals surface area contributed by atoms with Crippen LogP contribution in [0.4, 0.5) is 5.69 Å². The summed E-state index contributed by atoms with van der Waals surface area (Å²) in [6.07, 6.45) is 7.25. The molecule has 0 aromatic heterocycles. The van der Waals surface area contributed by atoms with Gasteiger partial charge in [-0.1, -0.05) is 98.8 Å². The number of esters is 1. The predicted octanol–water partition coefficient (Wildman–Crippen LogP) is 4.48. The summed E-state index contributed by atoms with van der Waals surface area (Å²) >= 11 is 0. The molecular weight excluding hydrogens is 634 g/mol. The van der Waals surface area contributed by atoms with Crippen molar-refractivity contribution in [3.05, 3.63) is 103 Å². The second-order valence-corrected chi connectivity index (χ2v) is 14.1. The van der Waals surface area contributed by atoms with Crippen LogP contribution in [0.2, 0.25) is 0 Å². The molecule has 50 heavy (non-hydrogen) atoms. The molecule has 0 radical (unpaired) electrons. The number of ether oxygens (including phenoxy) is 2. The Hall–Kier alpha value is -4.80. The monoisotopic (exact) mass is 677 g/mol. The van der Waals surface area contributed by atoms with Crippen molar-refractivity contribution in [2.45, 2.75) is 62.9 Å². The Morgan fingerprint density at radius 1 is 0.940 bits per heavy atom. The van der Waals surface area contributed by atoms with E-state index < -0.39 is 53.5 Å². The van der Waals surface area contributed by atoms with E-state index in [4.69, 9.17) is 9.47 Å². The van der Waals surface area contributed by atoms with Crippen molar-refractivity contribution < 1.29 is 33.8 Å². The third-order valence-corrected chi connectivity index (χ3v) is 10.4. The van der Waals surface area contributed by atoms with Crippen LogP contribution in [0.1, 0.15) is 44.7 Å². The fourth-order valence-electron chi connectivity index (χ4n) is 8.17. The zero-order valence-electron chi connectivity index (χ0n) is 28.3. The number of rotatable bonds is 6. The first kappa shape index (κ1) is 33.7. The molecule has 4 aliphatic heterocycles. The third kappa shape index (κ3) is 6.00. The third-order valence-electron chi connectivity index (χ3n) is 10.4. The molecule has 10 nitrogen and oxygen atoms in total. The number of hydrogen-bond acceptors (Lipinski definition) is 7. The minimum absolute atomic E-state index is 0.0743. The number of amides is 3. The second-order valence-electron chi connectivity index (χ2n) is 14.1. The molecule has 260 valence electrons. The molecule has 2 saturated heterocycles. The normalized spacial score (nSPS) is 29.7. The van der Waals surface area contributed by atoms with E-state index in [1.807, 2.05) is 92.7 Å². The van der Waals surface area contributed by atoms with E-state index in [2.05, 4.69) is 5.32 Å². The van der Waals surface area contributed by atoms with Crippen molar-refractivity contribution >= 4 is 40.2 Å². The van der Waals surface area contributed by atoms with Gasteiger partial charge in [-0.2, -0.15) is 0 Å². The van der Waals surface area contributed by atoms with Gasteiger partial charge in [0.2, 0.25) is 11.8 Å². The fraction of sp³-hybridized carbons (Fsp3) is 0.400. The largest absolute Gasteiger partial charge is 0.463 e. The minimum atomic E-state index is -1.49. The molecule has 2 N–H and O–H groups in total. The van der Waals surface area contributed by atoms with Gasteiger partial charge < -0.3 is 29.7 Å². The van der Waals surface area contributed by atoms with Gasteiger partial charge in [-0.05, 0) is 47.2 Å².